The van der Waals surface area contributed by atoms with Gasteiger partial charge in [-0.05, 0) is 43.2 Å². The third kappa shape index (κ3) is 4.04. The van der Waals surface area contributed by atoms with Crippen molar-refractivity contribution < 1.29 is 9.90 Å². The van der Waals surface area contributed by atoms with E-state index >= 15 is 0 Å². The zero-order chi connectivity index (χ0) is 16.8. The van der Waals surface area contributed by atoms with Crippen molar-refractivity contribution in [2.45, 2.75) is 38.1 Å². The van der Waals surface area contributed by atoms with Crippen LogP contribution in [0.15, 0.2) is 60.7 Å². The summed E-state index contributed by atoms with van der Waals surface area (Å²) in [5.74, 6) is 0.151. The zero-order valence-corrected chi connectivity index (χ0v) is 13.9. The van der Waals surface area contributed by atoms with Crippen LogP contribution in [0.25, 0.3) is 0 Å². The molecule has 2 N–H and O–H groups in total. The third-order valence-electron chi connectivity index (χ3n) is 4.88. The molecule has 0 bridgehead atoms. The van der Waals surface area contributed by atoms with Gasteiger partial charge < -0.3 is 10.4 Å². The molecule has 24 heavy (non-hydrogen) atoms. The molecule has 0 radical (unpaired) electrons. The molecule has 1 atom stereocenters. The van der Waals surface area contributed by atoms with Crippen molar-refractivity contribution in [1.29, 1.82) is 0 Å². The summed E-state index contributed by atoms with van der Waals surface area (Å²) in [5, 5.41) is 12.4. The topological polar surface area (TPSA) is 49.3 Å². The van der Waals surface area contributed by atoms with Gasteiger partial charge in [0, 0.05) is 6.61 Å². The average molecular weight is 323 g/mol. The van der Waals surface area contributed by atoms with Crippen LogP contribution in [0.4, 0.5) is 0 Å². The Morgan fingerprint density at radius 2 is 1.67 bits per heavy atom. The highest BCUT2D eigenvalue weighted by molar-refractivity contribution is 5.86. The molecule has 0 heterocycles. The van der Waals surface area contributed by atoms with Crippen molar-refractivity contribution in [2.75, 3.05) is 6.61 Å². The molecule has 3 heteroatoms. The lowest BCUT2D eigenvalue weighted by atomic mass is 9.94. The molecule has 1 saturated carbocycles. The van der Waals surface area contributed by atoms with Gasteiger partial charge in [-0.3, -0.25) is 4.79 Å². The minimum absolute atomic E-state index is 0.0286. The highest BCUT2D eigenvalue weighted by Gasteiger charge is 2.49. The maximum Gasteiger partial charge on any atom is 0.227 e. The molecule has 1 aliphatic carbocycles. The molecule has 2 aromatic carbocycles. The lowest BCUT2D eigenvalue weighted by molar-refractivity contribution is -0.127. The van der Waals surface area contributed by atoms with Crippen molar-refractivity contribution >= 4 is 5.91 Å². The summed E-state index contributed by atoms with van der Waals surface area (Å²) in [4.78, 5) is 12.9. The Morgan fingerprint density at radius 1 is 1.04 bits per heavy atom. The van der Waals surface area contributed by atoms with E-state index in [1.807, 2.05) is 48.5 Å². The Morgan fingerprint density at radius 3 is 2.25 bits per heavy atom. The van der Waals surface area contributed by atoms with Gasteiger partial charge in [-0.2, -0.15) is 0 Å². The predicted octanol–water partition coefficient (Wildman–Crippen LogP) is 3.64. The number of aliphatic hydroxyl groups is 1. The molecular formula is C21H25NO2. The fraction of sp³-hybridized carbons (Fsp3) is 0.381. The normalized spacial score (nSPS) is 16.4. The van der Waals surface area contributed by atoms with Crippen molar-refractivity contribution in [3.63, 3.8) is 0 Å². The molecule has 126 valence electrons. The molecule has 1 aliphatic rings. The molecule has 1 unspecified atom stereocenters. The van der Waals surface area contributed by atoms with E-state index in [0.29, 0.717) is 6.42 Å². The van der Waals surface area contributed by atoms with Gasteiger partial charge >= 0.3 is 0 Å². The lowest BCUT2D eigenvalue weighted by Crippen LogP contribution is -2.36. The van der Waals surface area contributed by atoms with Crippen LogP contribution in [-0.4, -0.2) is 17.6 Å². The number of rotatable bonds is 8. The second-order valence-corrected chi connectivity index (χ2v) is 6.75. The molecule has 0 aromatic heterocycles. The van der Waals surface area contributed by atoms with Crippen molar-refractivity contribution in [3.8, 4) is 0 Å². The number of benzene rings is 2. The van der Waals surface area contributed by atoms with E-state index in [9.17, 15) is 4.79 Å². The smallest absolute Gasteiger partial charge is 0.227 e. The molecule has 0 spiro atoms. The van der Waals surface area contributed by atoms with Crippen molar-refractivity contribution in [2.24, 2.45) is 5.41 Å². The largest absolute Gasteiger partial charge is 0.396 e. The number of carbonyl (C=O) groups excluding carboxylic acids is 1. The van der Waals surface area contributed by atoms with Crippen LogP contribution in [0.5, 0.6) is 0 Å². The number of hydrogen-bond acceptors (Lipinski definition) is 2. The molecule has 3 nitrogen and oxygen atoms in total. The number of amides is 1. The molecule has 1 amide bonds. The van der Waals surface area contributed by atoms with Crippen LogP contribution in [-0.2, 0) is 11.2 Å². The monoisotopic (exact) mass is 323 g/mol. The van der Waals surface area contributed by atoms with Crippen LogP contribution >= 0.6 is 0 Å². The highest BCUT2D eigenvalue weighted by atomic mass is 16.3. The summed E-state index contributed by atoms with van der Waals surface area (Å²) >= 11 is 0. The average Bonchev–Trinajstić information content (AvgIpc) is 3.41. The number of hydrogen-bond donors (Lipinski definition) is 2. The fourth-order valence-electron chi connectivity index (χ4n) is 3.24. The van der Waals surface area contributed by atoms with Gasteiger partial charge in [-0.15, -0.1) is 0 Å². The van der Waals surface area contributed by atoms with Crippen LogP contribution in [0.2, 0.25) is 0 Å². The number of aliphatic hydroxyl groups excluding tert-OH is 1. The summed E-state index contributed by atoms with van der Waals surface area (Å²) in [6, 6.07) is 20.2. The van der Waals surface area contributed by atoms with Gasteiger partial charge in [0.05, 0.1) is 11.5 Å². The molecule has 0 saturated heterocycles. The first-order valence-corrected chi connectivity index (χ1v) is 8.74. The van der Waals surface area contributed by atoms with Gasteiger partial charge in [0.2, 0.25) is 5.91 Å². The van der Waals surface area contributed by atoms with Crippen LogP contribution in [0.1, 0.15) is 42.9 Å². The van der Waals surface area contributed by atoms with Crippen LogP contribution < -0.4 is 5.32 Å². The zero-order valence-electron chi connectivity index (χ0n) is 13.9. The number of carbonyl (C=O) groups is 1. The van der Waals surface area contributed by atoms with Gasteiger partial charge in [-0.1, -0.05) is 60.7 Å². The van der Waals surface area contributed by atoms with E-state index in [-0.39, 0.29) is 24.0 Å². The Labute approximate surface area is 143 Å². The maximum atomic E-state index is 12.9. The summed E-state index contributed by atoms with van der Waals surface area (Å²) in [5.41, 5.74) is 2.08. The van der Waals surface area contributed by atoms with Gasteiger partial charge in [0.1, 0.15) is 0 Å². The molecule has 3 rings (SSSR count). The summed E-state index contributed by atoms with van der Waals surface area (Å²) in [6.07, 6.45) is 4.16. The Hall–Kier alpha value is -2.13. The molecule has 2 aromatic rings. The Kier molecular flexibility index (Phi) is 5.31. The minimum Gasteiger partial charge on any atom is -0.396 e. The number of nitrogens with one attached hydrogen (secondary N) is 1. The first kappa shape index (κ1) is 16.7. The first-order chi connectivity index (χ1) is 11.7. The summed E-state index contributed by atoms with van der Waals surface area (Å²) < 4.78 is 0. The molecule has 1 fully saturated rings. The second-order valence-electron chi connectivity index (χ2n) is 6.75. The van der Waals surface area contributed by atoms with Gasteiger partial charge in [0.25, 0.3) is 0 Å². The molecule has 0 aliphatic heterocycles. The molecular weight excluding hydrogens is 298 g/mol. The standard InChI is InChI=1S/C21H25NO2/c23-15-7-12-19(18-10-5-2-6-11-18)22-20(24)21(13-14-21)16-17-8-3-1-4-9-17/h1-6,8-11,19,23H,7,12-16H2,(H,22,24). The van der Waals surface area contributed by atoms with E-state index in [1.165, 1.54) is 5.56 Å². The second kappa shape index (κ2) is 7.63. The van der Waals surface area contributed by atoms with E-state index < -0.39 is 0 Å². The van der Waals surface area contributed by atoms with Gasteiger partial charge in [0.15, 0.2) is 0 Å². The lowest BCUT2D eigenvalue weighted by Gasteiger charge is -2.23. The quantitative estimate of drug-likeness (QED) is 0.779. The highest BCUT2D eigenvalue weighted by Crippen LogP contribution is 2.49. The van der Waals surface area contributed by atoms with E-state index in [0.717, 1.165) is 31.2 Å². The van der Waals surface area contributed by atoms with E-state index in [2.05, 4.69) is 17.4 Å². The fourth-order valence-corrected chi connectivity index (χ4v) is 3.24. The third-order valence-corrected chi connectivity index (χ3v) is 4.88. The van der Waals surface area contributed by atoms with Crippen LogP contribution in [0, 0.1) is 5.41 Å². The SMILES string of the molecule is O=C(NC(CCCO)c1ccccc1)C1(Cc2ccccc2)CC1. The predicted molar refractivity (Wildman–Crippen MR) is 95.5 cm³/mol. The van der Waals surface area contributed by atoms with Crippen molar-refractivity contribution in [3.05, 3.63) is 71.8 Å². The van der Waals surface area contributed by atoms with Crippen LogP contribution in [0.3, 0.4) is 0 Å². The Balaban J connectivity index is 1.69. The summed E-state index contributed by atoms with van der Waals surface area (Å²) in [7, 11) is 0. The summed E-state index contributed by atoms with van der Waals surface area (Å²) in [6.45, 7) is 0.147. The van der Waals surface area contributed by atoms with Crippen molar-refractivity contribution in [1.82, 2.24) is 5.32 Å². The Bertz CT molecular complexity index is 650. The van der Waals surface area contributed by atoms with Gasteiger partial charge in [-0.25, -0.2) is 0 Å². The first-order valence-electron chi connectivity index (χ1n) is 8.74. The van der Waals surface area contributed by atoms with E-state index in [4.69, 9.17) is 5.11 Å². The minimum atomic E-state index is -0.242. The maximum absolute atomic E-state index is 12.9. The van der Waals surface area contributed by atoms with E-state index in [1.54, 1.807) is 0 Å².